The van der Waals surface area contributed by atoms with Crippen molar-refractivity contribution >= 4 is 0 Å². The van der Waals surface area contributed by atoms with E-state index in [2.05, 4.69) is 36.6 Å². The smallest absolute Gasteiger partial charge is 0.231 e. The Hall–Kier alpha value is -1.26. The highest BCUT2D eigenvalue weighted by molar-refractivity contribution is 5.48. The summed E-state index contributed by atoms with van der Waals surface area (Å²) in [6.45, 7) is 8.65. The monoisotopic (exact) mass is 250 g/mol. The number of rotatable bonds is 7. The van der Waals surface area contributed by atoms with Gasteiger partial charge in [0.15, 0.2) is 11.5 Å². The minimum Gasteiger partial charge on any atom is -0.454 e. The zero-order valence-electron chi connectivity index (χ0n) is 11.2. The Morgan fingerprint density at radius 2 is 1.78 bits per heavy atom. The highest BCUT2D eigenvalue weighted by Crippen LogP contribution is 2.34. The van der Waals surface area contributed by atoms with Crippen LogP contribution in [0.2, 0.25) is 0 Å². The molecule has 1 aliphatic rings. The maximum absolute atomic E-state index is 5.40. The Balaban J connectivity index is 1.79. The van der Waals surface area contributed by atoms with E-state index in [4.69, 9.17) is 9.47 Å². The lowest BCUT2D eigenvalue weighted by molar-refractivity contribution is 0.174. The van der Waals surface area contributed by atoms with Crippen LogP contribution in [0.4, 0.5) is 0 Å². The van der Waals surface area contributed by atoms with Gasteiger partial charge in [0.2, 0.25) is 6.79 Å². The second-order valence-electron chi connectivity index (χ2n) is 4.49. The summed E-state index contributed by atoms with van der Waals surface area (Å²) in [5.41, 5.74) is 2.60. The maximum Gasteiger partial charge on any atom is 0.231 e. The van der Waals surface area contributed by atoms with Crippen LogP contribution in [-0.4, -0.2) is 33.0 Å². The van der Waals surface area contributed by atoms with Crippen LogP contribution in [0.3, 0.4) is 0 Å². The molecule has 100 valence electrons. The molecule has 4 nitrogen and oxygen atoms in total. The molecule has 0 saturated heterocycles. The standard InChI is InChI=1S/C14H22N2O2/c1-3-15-6-7-16-5-4-12-9-14-13(8-11(12)2)17-10-18-14/h8-9,15-16H,3-7,10H2,1-2H3. The van der Waals surface area contributed by atoms with Crippen molar-refractivity contribution in [3.05, 3.63) is 23.3 Å². The van der Waals surface area contributed by atoms with Gasteiger partial charge in [-0.15, -0.1) is 0 Å². The van der Waals surface area contributed by atoms with Gasteiger partial charge in [-0.3, -0.25) is 0 Å². The van der Waals surface area contributed by atoms with E-state index in [1.54, 1.807) is 0 Å². The highest BCUT2D eigenvalue weighted by atomic mass is 16.7. The Morgan fingerprint density at radius 3 is 2.56 bits per heavy atom. The van der Waals surface area contributed by atoms with Crippen molar-refractivity contribution in [2.45, 2.75) is 20.3 Å². The third-order valence-corrected chi connectivity index (χ3v) is 3.13. The first-order valence-electron chi connectivity index (χ1n) is 6.62. The summed E-state index contributed by atoms with van der Waals surface area (Å²) in [5, 5.41) is 6.72. The van der Waals surface area contributed by atoms with Crippen LogP contribution in [0.25, 0.3) is 0 Å². The lowest BCUT2D eigenvalue weighted by Crippen LogP contribution is -2.28. The van der Waals surface area contributed by atoms with E-state index in [0.717, 1.165) is 44.1 Å². The van der Waals surface area contributed by atoms with Crippen molar-refractivity contribution < 1.29 is 9.47 Å². The lowest BCUT2D eigenvalue weighted by atomic mass is 10.0. The van der Waals surface area contributed by atoms with Gasteiger partial charge in [-0.1, -0.05) is 6.92 Å². The number of hydrogen-bond acceptors (Lipinski definition) is 4. The van der Waals surface area contributed by atoms with Crippen molar-refractivity contribution in [2.75, 3.05) is 33.0 Å². The van der Waals surface area contributed by atoms with E-state index in [0.29, 0.717) is 6.79 Å². The fourth-order valence-electron chi connectivity index (χ4n) is 2.06. The van der Waals surface area contributed by atoms with Crippen LogP contribution in [0, 0.1) is 6.92 Å². The molecule has 0 bridgehead atoms. The van der Waals surface area contributed by atoms with E-state index < -0.39 is 0 Å². The molecule has 1 heterocycles. The number of ether oxygens (including phenoxy) is 2. The van der Waals surface area contributed by atoms with Crippen LogP contribution in [-0.2, 0) is 6.42 Å². The number of nitrogens with one attached hydrogen (secondary N) is 2. The topological polar surface area (TPSA) is 42.5 Å². The molecule has 0 fully saturated rings. The summed E-state index contributed by atoms with van der Waals surface area (Å²) in [6.07, 6.45) is 1.02. The molecule has 0 aromatic heterocycles. The van der Waals surface area contributed by atoms with E-state index >= 15 is 0 Å². The van der Waals surface area contributed by atoms with Gasteiger partial charge in [0.25, 0.3) is 0 Å². The average Bonchev–Trinajstić information content (AvgIpc) is 2.80. The first-order chi connectivity index (χ1) is 8.81. The Morgan fingerprint density at radius 1 is 1.06 bits per heavy atom. The molecule has 4 heteroatoms. The lowest BCUT2D eigenvalue weighted by Gasteiger charge is -2.09. The van der Waals surface area contributed by atoms with Gasteiger partial charge in [-0.2, -0.15) is 0 Å². The van der Waals surface area contributed by atoms with Gasteiger partial charge in [0.05, 0.1) is 0 Å². The molecule has 0 saturated carbocycles. The van der Waals surface area contributed by atoms with Crippen LogP contribution in [0.5, 0.6) is 11.5 Å². The predicted molar refractivity (Wildman–Crippen MR) is 72.4 cm³/mol. The SMILES string of the molecule is CCNCCNCCc1cc2c(cc1C)OCO2. The molecular formula is C14H22N2O2. The van der Waals surface area contributed by atoms with Crippen molar-refractivity contribution in [2.24, 2.45) is 0 Å². The summed E-state index contributed by atoms with van der Waals surface area (Å²) in [4.78, 5) is 0. The molecule has 0 aliphatic carbocycles. The summed E-state index contributed by atoms with van der Waals surface area (Å²) in [5.74, 6) is 1.75. The second-order valence-corrected chi connectivity index (χ2v) is 4.49. The van der Waals surface area contributed by atoms with Crippen LogP contribution >= 0.6 is 0 Å². The van der Waals surface area contributed by atoms with E-state index in [1.807, 2.05) is 0 Å². The van der Waals surface area contributed by atoms with Gasteiger partial charge in [0, 0.05) is 13.1 Å². The number of hydrogen-bond donors (Lipinski definition) is 2. The van der Waals surface area contributed by atoms with Gasteiger partial charge in [-0.05, 0) is 49.7 Å². The molecule has 0 radical (unpaired) electrons. The Kier molecular flexibility index (Phi) is 4.84. The predicted octanol–water partition coefficient (Wildman–Crippen LogP) is 1.47. The van der Waals surface area contributed by atoms with Crippen molar-refractivity contribution in [1.82, 2.24) is 10.6 Å². The summed E-state index contributed by atoms with van der Waals surface area (Å²) in [6, 6.07) is 4.17. The van der Waals surface area contributed by atoms with Crippen LogP contribution < -0.4 is 20.1 Å². The van der Waals surface area contributed by atoms with E-state index in [-0.39, 0.29) is 0 Å². The molecule has 2 N–H and O–H groups in total. The second kappa shape index (κ2) is 6.61. The largest absolute Gasteiger partial charge is 0.454 e. The molecule has 0 spiro atoms. The molecule has 18 heavy (non-hydrogen) atoms. The molecular weight excluding hydrogens is 228 g/mol. The first-order valence-corrected chi connectivity index (χ1v) is 6.62. The van der Waals surface area contributed by atoms with E-state index in [9.17, 15) is 0 Å². The Labute approximate surface area is 109 Å². The number of likely N-dealkylation sites (N-methyl/N-ethyl adjacent to an activating group) is 1. The average molecular weight is 250 g/mol. The third-order valence-electron chi connectivity index (χ3n) is 3.13. The summed E-state index contributed by atoms with van der Waals surface area (Å²) >= 11 is 0. The van der Waals surface area contributed by atoms with Crippen molar-refractivity contribution in [1.29, 1.82) is 0 Å². The summed E-state index contributed by atoms with van der Waals surface area (Å²) < 4.78 is 10.8. The fourth-order valence-corrected chi connectivity index (χ4v) is 2.06. The van der Waals surface area contributed by atoms with Gasteiger partial charge >= 0.3 is 0 Å². The molecule has 0 atom stereocenters. The van der Waals surface area contributed by atoms with Crippen LogP contribution in [0.15, 0.2) is 12.1 Å². The molecule has 2 rings (SSSR count). The van der Waals surface area contributed by atoms with E-state index in [1.165, 1.54) is 11.1 Å². The third kappa shape index (κ3) is 3.37. The quantitative estimate of drug-likeness (QED) is 0.719. The molecule has 1 aliphatic heterocycles. The fraction of sp³-hybridized carbons (Fsp3) is 0.571. The normalized spacial score (nSPS) is 13.0. The summed E-state index contributed by atoms with van der Waals surface area (Å²) in [7, 11) is 0. The van der Waals surface area contributed by atoms with Gasteiger partial charge < -0.3 is 20.1 Å². The molecule has 1 aromatic rings. The zero-order chi connectivity index (χ0) is 12.8. The highest BCUT2D eigenvalue weighted by Gasteiger charge is 2.15. The first kappa shape index (κ1) is 13.2. The van der Waals surface area contributed by atoms with Crippen molar-refractivity contribution in [3.63, 3.8) is 0 Å². The molecule has 0 unspecified atom stereocenters. The zero-order valence-corrected chi connectivity index (χ0v) is 11.2. The maximum atomic E-state index is 5.40. The Bertz CT molecular complexity index is 394. The minimum absolute atomic E-state index is 0.346. The molecule has 1 aromatic carbocycles. The number of benzene rings is 1. The van der Waals surface area contributed by atoms with Gasteiger partial charge in [-0.25, -0.2) is 0 Å². The molecule has 0 amide bonds. The number of aryl methyl sites for hydroxylation is 1. The van der Waals surface area contributed by atoms with Crippen LogP contribution in [0.1, 0.15) is 18.1 Å². The minimum atomic E-state index is 0.346. The number of fused-ring (bicyclic) bond motifs is 1. The van der Waals surface area contributed by atoms with Crippen molar-refractivity contribution in [3.8, 4) is 11.5 Å². The van der Waals surface area contributed by atoms with Gasteiger partial charge in [0.1, 0.15) is 0 Å².